The second-order valence-corrected chi connectivity index (χ2v) is 8.49. The van der Waals surface area contributed by atoms with E-state index in [1.54, 1.807) is 31.2 Å². The van der Waals surface area contributed by atoms with Gasteiger partial charge in [-0.15, -0.1) is 0 Å². The number of amides is 1. The minimum absolute atomic E-state index is 0.0279. The average Bonchev–Trinajstić information content (AvgIpc) is 2.67. The third kappa shape index (κ3) is 4.64. The Labute approximate surface area is 156 Å². The second-order valence-electron chi connectivity index (χ2n) is 6.21. The fourth-order valence-corrected chi connectivity index (χ4v) is 3.41. The van der Waals surface area contributed by atoms with Crippen LogP contribution in [0.2, 0.25) is 0 Å². The number of carbonyl (C=O) groups excluding carboxylic acids is 1. The number of rotatable bonds is 7. The number of nitrogens with zero attached hydrogens (tertiary/aromatic N) is 1. The van der Waals surface area contributed by atoms with Crippen LogP contribution in [0.3, 0.4) is 0 Å². The Balaban J connectivity index is 2.07. The van der Waals surface area contributed by atoms with Gasteiger partial charge in [0.15, 0.2) is 0 Å². The quantitative estimate of drug-likeness (QED) is 0.806. The minimum atomic E-state index is -3.31. The molecule has 2 aromatic carbocycles. The Morgan fingerprint density at radius 2 is 1.62 bits per heavy atom. The molecule has 6 heteroatoms. The molecule has 0 aliphatic heterocycles. The van der Waals surface area contributed by atoms with E-state index in [0.29, 0.717) is 11.3 Å². The Morgan fingerprint density at radius 3 is 2.12 bits per heavy atom. The number of hydrogen-bond donors (Lipinski definition) is 1. The zero-order valence-electron chi connectivity index (χ0n) is 15.7. The zero-order chi connectivity index (χ0) is 19.3. The van der Waals surface area contributed by atoms with E-state index in [2.05, 4.69) is 24.4 Å². The highest BCUT2D eigenvalue weighted by Gasteiger charge is 2.17. The van der Waals surface area contributed by atoms with Gasteiger partial charge in [-0.05, 0) is 55.7 Å². The number of sulfonamides is 1. The van der Waals surface area contributed by atoms with E-state index >= 15 is 0 Å². The molecule has 140 valence electrons. The van der Waals surface area contributed by atoms with Gasteiger partial charge in [0.25, 0.3) is 5.91 Å². The van der Waals surface area contributed by atoms with Gasteiger partial charge >= 0.3 is 0 Å². The predicted octanol–water partition coefficient (Wildman–Crippen LogP) is 3.53. The molecule has 1 amide bonds. The largest absolute Gasteiger partial charge is 0.346 e. The summed E-state index contributed by atoms with van der Waals surface area (Å²) < 4.78 is 25.1. The van der Waals surface area contributed by atoms with Crippen LogP contribution in [0, 0.1) is 0 Å². The SMILES string of the molecule is CCc1ccc([C@H](C)NC(=O)c2ccc(N(C)S(=O)(=O)CC)cc2)cc1. The summed E-state index contributed by atoms with van der Waals surface area (Å²) in [6.07, 6.45) is 0.982. The molecule has 0 aliphatic rings. The Morgan fingerprint density at radius 1 is 1.04 bits per heavy atom. The van der Waals surface area contributed by atoms with Crippen LogP contribution < -0.4 is 9.62 Å². The second kappa shape index (κ2) is 8.36. The first-order valence-corrected chi connectivity index (χ1v) is 10.4. The molecule has 0 spiro atoms. The first kappa shape index (κ1) is 20.0. The van der Waals surface area contributed by atoms with Gasteiger partial charge in [0, 0.05) is 12.6 Å². The Bertz CT molecular complexity index is 844. The van der Waals surface area contributed by atoms with Crippen molar-refractivity contribution in [2.45, 2.75) is 33.2 Å². The monoisotopic (exact) mass is 374 g/mol. The molecule has 0 heterocycles. The zero-order valence-corrected chi connectivity index (χ0v) is 16.5. The highest BCUT2D eigenvalue weighted by atomic mass is 32.2. The lowest BCUT2D eigenvalue weighted by Gasteiger charge is -2.19. The number of hydrogen-bond acceptors (Lipinski definition) is 3. The summed E-state index contributed by atoms with van der Waals surface area (Å²) in [4.78, 5) is 12.4. The molecule has 26 heavy (non-hydrogen) atoms. The molecule has 0 fully saturated rings. The van der Waals surface area contributed by atoms with Crippen LogP contribution in [-0.4, -0.2) is 27.1 Å². The van der Waals surface area contributed by atoms with Gasteiger partial charge in [-0.1, -0.05) is 31.2 Å². The van der Waals surface area contributed by atoms with E-state index in [-0.39, 0.29) is 17.7 Å². The van der Waals surface area contributed by atoms with Crippen molar-refractivity contribution in [1.29, 1.82) is 0 Å². The van der Waals surface area contributed by atoms with E-state index in [0.717, 1.165) is 12.0 Å². The number of anilines is 1. The lowest BCUT2D eigenvalue weighted by atomic mass is 10.0. The molecule has 0 aromatic heterocycles. The first-order valence-electron chi connectivity index (χ1n) is 8.74. The topological polar surface area (TPSA) is 66.5 Å². The third-order valence-electron chi connectivity index (χ3n) is 4.51. The number of carbonyl (C=O) groups is 1. The smallest absolute Gasteiger partial charge is 0.251 e. The van der Waals surface area contributed by atoms with Gasteiger partial charge in [-0.2, -0.15) is 0 Å². The summed E-state index contributed by atoms with van der Waals surface area (Å²) in [6, 6.07) is 14.6. The molecule has 0 saturated heterocycles. The van der Waals surface area contributed by atoms with Crippen molar-refractivity contribution < 1.29 is 13.2 Å². The molecule has 0 saturated carbocycles. The Hall–Kier alpha value is -2.34. The molecular weight excluding hydrogens is 348 g/mol. The average molecular weight is 375 g/mol. The van der Waals surface area contributed by atoms with Crippen LogP contribution in [0.1, 0.15) is 48.3 Å². The predicted molar refractivity (Wildman–Crippen MR) is 106 cm³/mol. The number of benzene rings is 2. The first-order chi connectivity index (χ1) is 12.3. The van der Waals surface area contributed by atoms with Gasteiger partial charge in [0.05, 0.1) is 17.5 Å². The summed E-state index contributed by atoms with van der Waals surface area (Å²) >= 11 is 0. The molecule has 1 atom stereocenters. The fourth-order valence-electron chi connectivity index (χ4n) is 2.58. The molecule has 2 rings (SSSR count). The van der Waals surface area contributed by atoms with Gasteiger partial charge < -0.3 is 5.32 Å². The van der Waals surface area contributed by atoms with Crippen molar-refractivity contribution in [3.8, 4) is 0 Å². The molecular formula is C20H26N2O3S. The van der Waals surface area contributed by atoms with Gasteiger partial charge in [0.2, 0.25) is 10.0 Å². The van der Waals surface area contributed by atoms with Crippen LogP contribution in [0.5, 0.6) is 0 Å². The number of nitrogens with one attached hydrogen (secondary N) is 1. The van der Waals surface area contributed by atoms with Crippen molar-refractivity contribution in [2.75, 3.05) is 17.1 Å². The normalized spacial score (nSPS) is 12.5. The lowest BCUT2D eigenvalue weighted by Crippen LogP contribution is -2.28. The lowest BCUT2D eigenvalue weighted by molar-refractivity contribution is 0.0940. The van der Waals surface area contributed by atoms with Crippen LogP contribution in [0.4, 0.5) is 5.69 Å². The van der Waals surface area contributed by atoms with E-state index in [4.69, 9.17) is 0 Å². The Kier molecular flexibility index (Phi) is 6.42. The summed E-state index contributed by atoms with van der Waals surface area (Å²) in [6.45, 7) is 5.64. The standard InChI is InChI=1S/C20H26N2O3S/c1-5-16-7-9-17(10-8-16)15(3)21-20(23)18-11-13-19(14-12-18)22(4)26(24,25)6-2/h7-15H,5-6H2,1-4H3,(H,21,23)/t15-/m0/s1. The molecule has 0 unspecified atom stereocenters. The summed E-state index contributed by atoms with van der Waals surface area (Å²) in [5, 5.41) is 2.97. The maximum atomic E-state index is 12.4. The van der Waals surface area contributed by atoms with Crippen LogP contribution in [0.15, 0.2) is 48.5 Å². The van der Waals surface area contributed by atoms with Crippen LogP contribution in [-0.2, 0) is 16.4 Å². The minimum Gasteiger partial charge on any atom is -0.346 e. The third-order valence-corrected chi connectivity index (χ3v) is 6.29. The van der Waals surface area contributed by atoms with Crippen LogP contribution >= 0.6 is 0 Å². The molecule has 2 aromatic rings. The van der Waals surface area contributed by atoms with E-state index in [9.17, 15) is 13.2 Å². The van der Waals surface area contributed by atoms with Crippen molar-refractivity contribution >= 4 is 21.6 Å². The molecule has 0 radical (unpaired) electrons. The van der Waals surface area contributed by atoms with Gasteiger partial charge in [-0.3, -0.25) is 9.10 Å². The van der Waals surface area contributed by atoms with E-state index < -0.39 is 10.0 Å². The summed E-state index contributed by atoms with van der Waals surface area (Å²) in [5.41, 5.74) is 3.33. The number of aryl methyl sites for hydroxylation is 1. The van der Waals surface area contributed by atoms with Gasteiger partial charge in [0.1, 0.15) is 0 Å². The molecule has 1 N–H and O–H groups in total. The van der Waals surface area contributed by atoms with E-state index in [1.165, 1.54) is 16.9 Å². The highest BCUT2D eigenvalue weighted by Crippen LogP contribution is 2.19. The fraction of sp³-hybridized carbons (Fsp3) is 0.350. The maximum absolute atomic E-state index is 12.4. The highest BCUT2D eigenvalue weighted by molar-refractivity contribution is 7.92. The van der Waals surface area contributed by atoms with E-state index in [1.807, 2.05) is 19.1 Å². The molecule has 0 aliphatic carbocycles. The van der Waals surface area contributed by atoms with Crippen molar-refractivity contribution in [3.05, 3.63) is 65.2 Å². The van der Waals surface area contributed by atoms with Gasteiger partial charge in [-0.25, -0.2) is 8.42 Å². The summed E-state index contributed by atoms with van der Waals surface area (Å²) in [7, 11) is -1.80. The molecule has 0 bridgehead atoms. The maximum Gasteiger partial charge on any atom is 0.251 e. The van der Waals surface area contributed by atoms with Crippen molar-refractivity contribution in [3.63, 3.8) is 0 Å². The summed E-state index contributed by atoms with van der Waals surface area (Å²) in [5.74, 6) is -0.162. The molecule has 5 nitrogen and oxygen atoms in total. The van der Waals surface area contributed by atoms with Crippen LogP contribution in [0.25, 0.3) is 0 Å². The van der Waals surface area contributed by atoms with Crippen molar-refractivity contribution in [2.24, 2.45) is 0 Å². The van der Waals surface area contributed by atoms with Crippen molar-refractivity contribution in [1.82, 2.24) is 5.32 Å².